The van der Waals surface area contributed by atoms with E-state index < -0.39 is 0 Å². The maximum atomic E-state index is 5.73. The van der Waals surface area contributed by atoms with Crippen LogP contribution in [0.25, 0.3) is 0 Å². The normalized spacial score (nSPS) is 19.5. The first kappa shape index (κ1) is 12.3. The lowest BCUT2D eigenvalue weighted by Gasteiger charge is -2.10. The summed E-state index contributed by atoms with van der Waals surface area (Å²) in [7, 11) is 0. The fourth-order valence-corrected chi connectivity index (χ4v) is 1.78. The monoisotopic (exact) mass is 236 g/mol. The highest BCUT2D eigenvalue weighted by Gasteiger charge is 2.15. The van der Waals surface area contributed by atoms with Crippen LogP contribution in [0.2, 0.25) is 0 Å². The van der Waals surface area contributed by atoms with Crippen molar-refractivity contribution in [3.8, 4) is 0 Å². The summed E-state index contributed by atoms with van der Waals surface area (Å²) >= 11 is 0. The summed E-state index contributed by atoms with van der Waals surface area (Å²) in [6.07, 6.45) is 4.17. The van der Waals surface area contributed by atoms with Crippen LogP contribution in [0, 0.1) is 0 Å². The fourth-order valence-electron chi connectivity index (χ4n) is 1.78. The lowest BCUT2D eigenvalue weighted by molar-refractivity contribution is 0.0302. The Labute approximate surface area is 102 Å². The van der Waals surface area contributed by atoms with Gasteiger partial charge in [-0.15, -0.1) is 0 Å². The van der Waals surface area contributed by atoms with E-state index in [1.807, 2.05) is 18.3 Å². The third-order valence-electron chi connectivity index (χ3n) is 2.75. The molecule has 1 saturated heterocycles. The number of rotatable bonds is 6. The maximum absolute atomic E-state index is 5.73. The van der Waals surface area contributed by atoms with Gasteiger partial charge in [-0.3, -0.25) is 4.98 Å². The molecule has 0 aliphatic carbocycles. The van der Waals surface area contributed by atoms with Crippen molar-refractivity contribution in [3.05, 3.63) is 24.0 Å². The topological polar surface area (TPSA) is 43.4 Å². The molecule has 94 valence electrons. The number of hydrogen-bond acceptors (Lipinski definition) is 4. The third-order valence-corrected chi connectivity index (χ3v) is 2.75. The molecule has 0 bridgehead atoms. The van der Waals surface area contributed by atoms with Crippen molar-refractivity contribution < 1.29 is 9.47 Å². The van der Waals surface area contributed by atoms with E-state index in [1.54, 1.807) is 0 Å². The molecule has 4 nitrogen and oxygen atoms in total. The van der Waals surface area contributed by atoms with E-state index in [1.165, 1.54) is 0 Å². The summed E-state index contributed by atoms with van der Waals surface area (Å²) in [5.74, 6) is 0. The van der Waals surface area contributed by atoms with Gasteiger partial charge in [0.2, 0.25) is 0 Å². The minimum absolute atomic E-state index is 0.240. The predicted octanol–water partition coefficient (Wildman–Crippen LogP) is 2.21. The number of hydrogen-bond donors (Lipinski definition) is 1. The van der Waals surface area contributed by atoms with Gasteiger partial charge in [-0.25, -0.2) is 0 Å². The molecule has 1 atom stereocenters. The summed E-state index contributed by atoms with van der Waals surface area (Å²) < 4.78 is 11.0. The van der Waals surface area contributed by atoms with Crippen LogP contribution in [-0.2, 0) is 16.1 Å². The Morgan fingerprint density at radius 1 is 1.59 bits per heavy atom. The van der Waals surface area contributed by atoms with Gasteiger partial charge in [0.25, 0.3) is 0 Å². The first-order valence-corrected chi connectivity index (χ1v) is 6.26. The third kappa shape index (κ3) is 3.98. The van der Waals surface area contributed by atoms with Crippen LogP contribution >= 0.6 is 0 Å². The molecule has 4 heteroatoms. The van der Waals surface area contributed by atoms with Gasteiger partial charge in [0.1, 0.15) is 0 Å². The lowest BCUT2D eigenvalue weighted by Crippen LogP contribution is -2.12. The molecule has 1 aliphatic rings. The minimum atomic E-state index is 0.240. The molecule has 1 N–H and O–H groups in total. The summed E-state index contributed by atoms with van der Waals surface area (Å²) in [5.41, 5.74) is 2.08. The van der Waals surface area contributed by atoms with Gasteiger partial charge < -0.3 is 14.8 Å². The molecule has 0 radical (unpaired) electrons. The standard InChI is InChI=1S/C13H20N2O2/c1-2-5-14-11-3-6-15-12(8-11)9-17-13-4-7-16-10-13/h3,6,8,13H,2,4-5,7,9-10H2,1H3,(H,14,15). The fraction of sp³-hybridized carbons (Fsp3) is 0.615. The van der Waals surface area contributed by atoms with Crippen molar-refractivity contribution in [3.63, 3.8) is 0 Å². The second-order valence-electron chi connectivity index (χ2n) is 4.26. The predicted molar refractivity (Wildman–Crippen MR) is 67.0 cm³/mol. The Kier molecular flexibility index (Phi) is 4.76. The van der Waals surface area contributed by atoms with Crippen LogP contribution < -0.4 is 5.32 Å². The van der Waals surface area contributed by atoms with Gasteiger partial charge >= 0.3 is 0 Å². The molecule has 2 heterocycles. The molecule has 1 fully saturated rings. The SMILES string of the molecule is CCCNc1ccnc(COC2CCOC2)c1. The summed E-state index contributed by atoms with van der Waals surface area (Å²) in [6, 6.07) is 4.03. The minimum Gasteiger partial charge on any atom is -0.385 e. The van der Waals surface area contributed by atoms with Crippen molar-refractivity contribution in [2.45, 2.75) is 32.5 Å². The second kappa shape index (κ2) is 6.57. The van der Waals surface area contributed by atoms with Crippen LogP contribution in [0.5, 0.6) is 0 Å². The number of aromatic nitrogens is 1. The van der Waals surface area contributed by atoms with Gasteiger partial charge in [0.05, 0.1) is 25.0 Å². The highest BCUT2D eigenvalue weighted by atomic mass is 16.5. The summed E-state index contributed by atoms with van der Waals surface area (Å²) in [6.45, 7) is 5.23. The largest absolute Gasteiger partial charge is 0.385 e. The number of nitrogens with zero attached hydrogens (tertiary/aromatic N) is 1. The van der Waals surface area contributed by atoms with Crippen molar-refractivity contribution >= 4 is 5.69 Å². The highest BCUT2D eigenvalue weighted by Crippen LogP contribution is 2.13. The molecule has 1 aromatic rings. The molecule has 2 rings (SSSR count). The van der Waals surface area contributed by atoms with E-state index in [0.717, 1.165) is 37.4 Å². The zero-order valence-corrected chi connectivity index (χ0v) is 10.3. The first-order valence-electron chi connectivity index (χ1n) is 6.26. The Morgan fingerprint density at radius 3 is 3.29 bits per heavy atom. The van der Waals surface area contributed by atoms with Gasteiger partial charge in [-0.2, -0.15) is 0 Å². The highest BCUT2D eigenvalue weighted by molar-refractivity contribution is 5.42. The Balaban J connectivity index is 1.82. The summed E-state index contributed by atoms with van der Waals surface area (Å²) in [4.78, 5) is 4.30. The van der Waals surface area contributed by atoms with Crippen molar-refractivity contribution in [2.75, 3.05) is 25.1 Å². The van der Waals surface area contributed by atoms with Crippen LogP contribution in [-0.4, -0.2) is 30.8 Å². The molecule has 17 heavy (non-hydrogen) atoms. The van der Waals surface area contributed by atoms with Gasteiger partial charge in [-0.05, 0) is 25.0 Å². The molecule has 0 saturated carbocycles. The average Bonchev–Trinajstić information content (AvgIpc) is 2.87. The van der Waals surface area contributed by atoms with E-state index in [-0.39, 0.29) is 6.10 Å². The maximum Gasteiger partial charge on any atom is 0.0893 e. The molecule has 0 aromatic carbocycles. The van der Waals surface area contributed by atoms with E-state index in [9.17, 15) is 0 Å². The Morgan fingerprint density at radius 2 is 2.53 bits per heavy atom. The Hall–Kier alpha value is -1.13. The molecule has 1 unspecified atom stereocenters. The van der Waals surface area contributed by atoms with Crippen molar-refractivity contribution in [1.29, 1.82) is 0 Å². The molecular weight excluding hydrogens is 216 g/mol. The molecule has 0 spiro atoms. The first-order chi connectivity index (χ1) is 8.38. The van der Waals surface area contributed by atoms with Gasteiger partial charge in [-0.1, -0.05) is 6.92 Å². The number of anilines is 1. The molecular formula is C13H20N2O2. The zero-order chi connectivity index (χ0) is 11.9. The van der Waals surface area contributed by atoms with E-state index in [4.69, 9.17) is 9.47 Å². The Bertz CT molecular complexity index is 338. The molecule has 0 amide bonds. The average molecular weight is 236 g/mol. The smallest absolute Gasteiger partial charge is 0.0893 e. The molecule has 1 aromatic heterocycles. The van der Waals surface area contributed by atoms with Crippen LogP contribution in [0.1, 0.15) is 25.5 Å². The van der Waals surface area contributed by atoms with E-state index in [0.29, 0.717) is 13.2 Å². The number of ether oxygens (including phenoxy) is 2. The lowest BCUT2D eigenvalue weighted by atomic mass is 10.3. The van der Waals surface area contributed by atoms with Gasteiger partial charge in [0, 0.05) is 25.0 Å². The quantitative estimate of drug-likeness (QED) is 0.822. The van der Waals surface area contributed by atoms with Gasteiger partial charge in [0.15, 0.2) is 0 Å². The zero-order valence-electron chi connectivity index (χ0n) is 10.3. The van der Waals surface area contributed by atoms with Crippen molar-refractivity contribution in [1.82, 2.24) is 4.98 Å². The molecule has 1 aliphatic heterocycles. The summed E-state index contributed by atoms with van der Waals surface area (Å²) in [5, 5.41) is 3.34. The van der Waals surface area contributed by atoms with Crippen LogP contribution in [0.15, 0.2) is 18.3 Å². The number of pyridine rings is 1. The second-order valence-corrected chi connectivity index (χ2v) is 4.26. The van der Waals surface area contributed by atoms with Crippen LogP contribution in [0.4, 0.5) is 5.69 Å². The van der Waals surface area contributed by atoms with Crippen molar-refractivity contribution in [2.24, 2.45) is 0 Å². The number of nitrogens with one attached hydrogen (secondary N) is 1. The van der Waals surface area contributed by atoms with Crippen LogP contribution in [0.3, 0.4) is 0 Å². The van der Waals surface area contributed by atoms with E-state index in [2.05, 4.69) is 17.2 Å². The van der Waals surface area contributed by atoms with E-state index >= 15 is 0 Å².